The van der Waals surface area contributed by atoms with Gasteiger partial charge in [0.15, 0.2) is 0 Å². The first kappa shape index (κ1) is 16.6. The number of para-hydroxylation sites is 2. The predicted octanol–water partition coefficient (Wildman–Crippen LogP) is 4.62. The van der Waals surface area contributed by atoms with E-state index < -0.39 is 0 Å². The minimum absolute atomic E-state index is 0.388. The maximum atomic E-state index is 8.69. The summed E-state index contributed by atoms with van der Waals surface area (Å²) in [4.78, 5) is 0. The molecule has 0 spiro atoms. The molecular formula is C21H19NO3. The first-order valence-corrected chi connectivity index (χ1v) is 8.05. The van der Waals surface area contributed by atoms with Crippen molar-refractivity contribution in [1.29, 1.82) is 0 Å². The fourth-order valence-corrected chi connectivity index (χ4v) is 2.53. The maximum absolute atomic E-state index is 8.69. The number of oxime groups is 1. The van der Waals surface area contributed by atoms with Crippen molar-refractivity contribution in [1.82, 2.24) is 0 Å². The minimum Gasteiger partial charge on any atom is -0.489 e. The molecule has 4 nitrogen and oxygen atoms in total. The molecule has 0 heterocycles. The Morgan fingerprint density at radius 1 is 0.720 bits per heavy atom. The van der Waals surface area contributed by atoms with E-state index in [9.17, 15) is 0 Å². The van der Waals surface area contributed by atoms with Crippen LogP contribution in [0.5, 0.6) is 11.5 Å². The number of rotatable bonds is 7. The molecule has 0 aliphatic carbocycles. The Balaban J connectivity index is 1.62. The molecule has 0 saturated heterocycles. The van der Waals surface area contributed by atoms with Gasteiger partial charge in [0.25, 0.3) is 0 Å². The molecule has 0 unspecified atom stereocenters. The summed E-state index contributed by atoms with van der Waals surface area (Å²) in [6.07, 6.45) is 1.35. The molecule has 0 atom stereocenters. The molecule has 25 heavy (non-hydrogen) atoms. The third-order valence-corrected chi connectivity index (χ3v) is 3.69. The van der Waals surface area contributed by atoms with E-state index in [0.717, 1.165) is 22.4 Å². The first-order valence-electron chi connectivity index (χ1n) is 8.05. The fraction of sp³-hybridized carbons (Fsp3) is 0.0952. The van der Waals surface area contributed by atoms with E-state index in [0.29, 0.717) is 19.0 Å². The van der Waals surface area contributed by atoms with Gasteiger partial charge in [-0.2, -0.15) is 0 Å². The molecule has 0 radical (unpaired) electrons. The highest BCUT2D eigenvalue weighted by molar-refractivity contribution is 5.82. The highest BCUT2D eigenvalue weighted by atomic mass is 16.5. The van der Waals surface area contributed by atoms with Gasteiger partial charge in [-0.3, -0.25) is 0 Å². The molecular weight excluding hydrogens is 314 g/mol. The zero-order valence-electron chi connectivity index (χ0n) is 13.7. The lowest BCUT2D eigenvalue weighted by molar-refractivity contribution is 0.217. The van der Waals surface area contributed by atoms with E-state index in [4.69, 9.17) is 14.7 Å². The smallest absolute Gasteiger partial charge is 0.128 e. The van der Waals surface area contributed by atoms with Crippen LogP contribution in [0, 0.1) is 0 Å². The third-order valence-electron chi connectivity index (χ3n) is 3.69. The monoisotopic (exact) mass is 333 g/mol. The highest BCUT2D eigenvalue weighted by Gasteiger charge is 2.06. The number of hydrogen-bond donors (Lipinski definition) is 1. The Kier molecular flexibility index (Phi) is 5.67. The molecule has 4 heteroatoms. The van der Waals surface area contributed by atoms with Crippen molar-refractivity contribution in [3.8, 4) is 22.6 Å². The number of nitrogens with zero attached hydrogens (tertiary/aromatic N) is 1. The standard InChI is InChI=1S/C21H19NO3/c23-22-16-18-10-4-6-12-20(18)24-14-15-25-21-13-7-5-11-19(21)17-8-2-1-3-9-17/h1-13,16,23H,14-15H2/b22-16+. The van der Waals surface area contributed by atoms with Gasteiger partial charge in [-0.25, -0.2) is 0 Å². The van der Waals surface area contributed by atoms with Gasteiger partial charge in [0, 0.05) is 11.1 Å². The van der Waals surface area contributed by atoms with Crippen LogP contribution in [0.1, 0.15) is 5.56 Å². The quantitative estimate of drug-likeness (QED) is 0.297. The van der Waals surface area contributed by atoms with Crippen LogP contribution in [0.3, 0.4) is 0 Å². The van der Waals surface area contributed by atoms with E-state index >= 15 is 0 Å². The van der Waals surface area contributed by atoms with Crippen LogP contribution in [0.25, 0.3) is 11.1 Å². The van der Waals surface area contributed by atoms with Crippen LogP contribution >= 0.6 is 0 Å². The molecule has 3 aromatic carbocycles. The topological polar surface area (TPSA) is 51.1 Å². The maximum Gasteiger partial charge on any atom is 0.128 e. The average Bonchev–Trinajstić information content (AvgIpc) is 2.68. The molecule has 0 aliphatic heterocycles. The second-order valence-corrected chi connectivity index (χ2v) is 5.34. The summed E-state index contributed by atoms with van der Waals surface area (Å²) < 4.78 is 11.6. The van der Waals surface area contributed by atoms with Gasteiger partial charge in [0.05, 0.1) is 6.21 Å². The average molecular weight is 333 g/mol. The first-order chi connectivity index (χ1) is 12.4. The van der Waals surface area contributed by atoms with Crippen molar-refractivity contribution in [2.75, 3.05) is 13.2 Å². The Hall–Kier alpha value is -3.27. The van der Waals surface area contributed by atoms with E-state index in [1.807, 2.05) is 66.7 Å². The van der Waals surface area contributed by atoms with Gasteiger partial charge in [0.2, 0.25) is 0 Å². The Morgan fingerprint density at radius 2 is 1.32 bits per heavy atom. The Labute approximate surface area is 147 Å². The number of benzene rings is 3. The van der Waals surface area contributed by atoms with Crippen LogP contribution in [0.15, 0.2) is 84.0 Å². The van der Waals surface area contributed by atoms with Crippen molar-refractivity contribution >= 4 is 6.21 Å². The summed E-state index contributed by atoms with van der Waals surface area (Å²) >= 11 is 0. The fourth-order valence-electron chi connectivity index (χ4n) is 2.53. The lowest BCUT2D eigenvalue weighted by atomic mass is 10.1. The number of hydrogen-bond acceptors (Lipinski definition) is 4. The Morgan fingerprint density at radius 3 is 2.08 bits per heavy atom. The van der Waals surface area contributed by atoms with E-state index in [-0.39, 0.29) is 0 Å². The van der Waals surface area contributed by atoms with Gasteiger partial charge < -0.3 is 14.7 Å². The summed E-state index contributed by atoms with van der Waals surface area (Å²) in [6.45, 7) is 0.799. The molecule has 0 aromatic heterocycles. The third kappa shape index (κ3) is 4.38. The van der Waals surface area contributed by atoms with Crippen LogP contribution in [-0.2, 0) is 0 Å². The van der Waals surface area contributed by atoms with Gasteiger partial charge in [-0.1, -0.05) is 65.8 Å². The van der Waals surface area contributed by atoms with Crippen molar-refractivity contribution in [3.63, 3.8) is 0 Å². The van der Waals surface area contributed by atoms with Gasteiger partial charge >= 0.3 is 0 Å². The summed E-state index contributed by atoms with van der Waals surface area (Å²) in [5.74, 6) is 1.47. The summed E-state index contributed by atoms with van der Waals surface area (Å²) in [5, 5.41) is 11.7. The van der Waals surface area contributed by atoms with Crippen LogP contribution in [0.4, 0.5) is 0 Å². The molecule has 0 amide bonds. The molecule has 3 aromatic rings. The summed E-state index contributed by atoms with van der Waals surface area (Å²) in [6, 6.07) is 25.4. The summed E-state index contributed by atoms with van der Waals surface area (Å²) in [5.41, 5.74) is 2.88. The molecule has 1 N–H and O–H groups in total. The van der Waals surface area contributed by atoms with Crippen LogP contribution in [-0.4, -0.2) is 24.6 Å². The Bertz CT molecular complexity index is 831. The molecule has 126 valence electrons. The van der Waals surface area contributed by atoms with Crippen molar-refractivity contribution in [2.45, 2.75) is 0 Å². The second-order valence-electron chi connectivity index (χ2n) is 5.34. The second kappa shape index (κ2) is 8.55. The van der Waals surface area contributed by atoms with Crippen LogP contribution in [0.2, 0.25) is 0 Å². The number of ether oxygens (including phenoxy) is 2. The van der Waals surface area contributed by atoms with E-state index in [1.165, 1.54) is 6.21 Å². The van der Waals surface area contributed by atoms with E-state index in [2.05, 4.69) is 17.3 Å². The summed E-state index contributed by atoms with van der Waals surface area (Å²) in [7, 11) is 0. The van der Waals surface area contributed by atoms with Crippen LogP contribution < -0.4 is 9.47 Å². The van der Waals surface area contributed by atoms with Gasteiger partial charge in [-0.05, 0) is 23.8 Å². The predicted molar refractivity (Wildman–Crippen MR) is 98.7 cm³/mol. The van der Waals surface area contributed by atoms with Gasteiger partial charge in [0.1, 0.15) is 24.7 Å². The molecule has 0 fully saturated rings. The van der Waals surface area contributed by atoms with Gasteiger partial charge in [-0.15, -0.1) is 0 Å². The lowest BCUT2D eigenvalue weighted by Crippen LogP contribution is -2.10. The minimum atomic E-state index is 0.388. The largest absolute Gasteiger partial charge is 0.489 e. The molecule has 0 saturated carbocycles. The molecule has 0 bridgehead atoms. The molecule has 3 rings (SSSR count). The highest BCUT2D eigenvalue weighted by Crippen LogP contribution is 2.29. The SMILES string of the molecule is O/N=C/c1ccccc1OCCOc1ccccc1-c1ccccc1. The normalized spacial score (nSPS) is 10.7. The van der Waals surface area contributed by atoms with Crippen molar-refractivity contribution in [3.05, 3.63) is 84.4 Å². The zero-order valence-corrected chi connectivity index (χ0v) is 13.7. The van der Waals surface area contributed by atoms with Crippen molar-refractivity contribution < 1.29 is 14.7 Å². The lowest BCUT2D eigenvalue weighted by Gasteiger charge is -2.13. The van der Waals surface area contributed by atoms with Crippen molar-refractivity contribution in [2.24, 2.45) is 5.16 Å². The van der Waals surface area contributed by atoms with E-state index in [1.54, 1.807) is 0 Å². The molecule has 0 aliphatic rings. The zero-order chi connectivity index (χ0) is 17.3.